The van der Waals surface area contributed by atoms with Crippen molar-refractivity contribution in [2.45, 2.75) is 83.9 Å². The molecule has 1 unspecified atom stereocenters. The number of likely N-dealkylation sites (tertiary alicyclic amines) is 1. The standard InChI is InChI=1S/C21H35NO/c1-7-17(18-12-10-9-11-13-18)16-22-20(3,4)14-19(23-8-2)15-21(22,5)6/h9-13,17,19H,7-8,14-16H2,1-6H3. The molecule has 1 heterocycles. The Morgan fingerprint density at radius 1 is 1.04 bits per heavy atom. The maximum Gasteiger partial charge on any atom is 0.0609 e. The van der Waals surface area contributed by atoms with Crippen LogP contribution in [0.15, 0.2) is 30.3 Å². The van der Waals surface area contributed by atoms with Crippen molar-refractivity contribution in [2.24, 2.45) is 0 Å². The number of nitrogens with zero attached hydrogens (tertiary/aromatic N) is 1. The fourth-order valence-corrected chi connectivity index (χ4v) is 4.49. The lowest BCUT2D eigenvalue weighted by atomic mass is 9.77. The Morgan fingerprint density at radius 3 is 2.09 bits per heavy atom. The highest BCUT2D eigenvalue weighted by atomic mass is 16.5. The van der Waals surface area contributed by atoms with Gasteiger partial charge in [0.05, 0.1) is 6.10 Å². The van der Waals surface area contributed by atoms with Crippen LogP contribution in [0.3, 0.4) is 0 Å². The predicted octanol–water partition coefficient (Wildman–Crippen LogP) is 5.24. The van der Waals surface area contributed by atoms with Crippen LogP contribution in [0.1, 0.15) is 72.3 Å². The average molecular weight is 318 g/mol. The third-order valence-electron chi connectivity index (χ3n) is 5.48. The van der Waals surface area contributed by atoms with E-state index >= 15 is 0 Å². The zero-order valence-electron chi connectivity index (χ0n) is 15.9. The Hall–Kier alpha value is -0.860. The zero-order valence-corrected chi connectivity index (χ0v) is 15.9. The highest BCUT2D eigenvalue weighted by Crippen LogP contribution is 2.41. The number of piperidine rings is 1. The monoisotopic (exact) mass is 317 g/mol. The van der Waals surface area contributed by atoms with E-state index in [4.69, 9.17) is 4.74 Å². The molecule has 2 rings (SSSR count). The minimum atomic E-state index is 0.170. The molecule has 0 amide bonds. The summed E-state index contributed by atoms with van der Waals surface area (Å²) >= 11 is 0. The summed E-state index contributed by atoms with van der Waals surface area (Å²) in [7, 11) is 0. The predicted molar refractivity (Wildman–Crippen MR) is 99.0 cm³/mol. The summed E-state index contributed by atoms with van der Waals surface area (Å²) in [5.41, 5.74) is 1.81. The fraction of sp³-hybridized carbons (Fsp3) is 0.714. The maximum atomic E-state index is 5.99. The van der Waals surface area contributed by atoms with Gasteiger partial charge in [0.1, 0.15) is 0 Å². The second-order valence-electron chi connectivity index (χ2n) is 8.24. The van der Waals surface area contributed by atoms with Crippen LogP contribution in [0.5, 0.6) is 0 Å². The number of benzene rings is 1. The van der Waals surface area contributed by atoms with E-state index < -0.39 is 0 Å². The Morgan fingerprint density at radius 2 is 1.61 bits per heavy atom. The maximum absolute atomic E-state index is 5.99. The van der Waals surface area contributed by atoms with Gasteiger partial charge in [-0.3, -0.25) is 4.90 Å². The van der Waals surface area contributed by atoms with Crippen LogP contribution >= 0.6 is 0 Å². The highest BCUT2D eigenvalue weighted by Gasteiger charge is 2.46. The largest absolute Gasteiger partial charge is 0.378 e. The van der Waals surface area contributed by atoms with Crippen molar-refractivity contribution >= 4 is 0 Å². The number of ether oxygens (including phenoxy) is 1. The van der Waals surface area contributed by atoms with Crippen LogP contribution in [0, 0.1) is 0 Å². The van der Waals surface area contributed by atoms with E-state index in [-0.39, 0.29) is 11.1 Å². The van der Waals surface area contributed by atoms with Gasteiger partial charge in [-0.25, -0.2) is 0 Å². The lowest BCUT2D eigenvalue weighted by molar-refractivity contribution is -0.104. The topological polar surface area (TPSA) is 12.5 Å². The van der Waals surface area contributed by atoms with E-state index in [9.17, 15) is 0 Å². The molecule has 1 atom stereocenters. The smallest absolute Gasteiger partial charge is 0.0609 e. The molecule has 130 valence electrons. The van der Waals surface area contributed by atoms with Crippen LogP contribution in [0.25, 0.3) is 0 Å². The molecule has 0 saturated carbocycles. The van der Waals surface area contributed by atoms with Crippen molar-refractivity contribution in [3.05, 3.63) is 35.9 Å². The molecule has 0 bridgehead atoms. The molecular weight excluding hydrogens is 282 g/mol. The summed E-state index contributed by atoms with van der Waals surface area (Å²) in [6, 6.07) is 11.0. The third kappa shape index (κ3) is 4.36. The molecule has 0 N–H and O–H groups in total. The number of hydrogen-bond acceptors (Lipinski definition) is 2. The number of rotatable bonds is 6. The summed E-state index contributed by atoms with van der Waals surface area (Å²) in [5.74, 6) is 0.596. The fourth-order valence-electron chi connectivity index (χ4n) is 4.49. The molecule has 1 fully saturated rings. The molecule has 2 nitrogen and oxygen atoms in total. The summed E-state index contributed by atoms with van der Waals surface area (Å²) in [6.45, 7) is 15.9. The van der Waals surface area contributed by atoms with Crippen molar-refractivity contribution in [1.82, 2.24) is 4.90 Å². The molecule has 0 aliphatic carbocycles. The molecule has 1 aliphatic heterocycles. The first-order chi connectivity index (χ1) is 10.8. The Balaban J connectivity index is 2.19. The van der Waals surface area contributed by atoms with E-state index in [1.54, 1.807) is 0 Å². The highest BCUT2D eigenvalue weighted by molar-refractivity contribution is 5.20. The van der Waals surface area contributed by atoms with Crippen LogP contribution < -0.4 is 0 Å². The normalized spacial score (nSPS) is 22.9. The van der Waals surface area contributed by atoms with Gasteiger partial charge in [-0.2, -0.15) is 0 Å². The third-order valence-corrected chi connectivity index (χ3v) is 5.48. The van der Waals surface area contributed by atoms with E-state index in [0.29, 0.717) is 12.0 Å². The van der Waals surface area contributed by atoms with Crippen molar-refractivity contribution in [3.63, 3.8) is 0 Å². The molecule has 2 heteroatoms. The van der Waals surface area contributed by atoms with Crippen molar-refractivity contribution in [2.75, 3.05) is 13.2 Å². The van der Waals surface area contributed by atoms with Crippen molar-refractivity contribution < 1.29 is 4.74 Å². The van der Waals surface area contributed by atoms with E-state index in [0.717, 1.165) is 26.0 Å². The quantitative estimate of drug-likeness (QED) is 0.711. The van der Waals surface area contributed by atoms with Gasteiger partial charge in [-0.15, -0.1) is 0 Å². The molecule has 1 saturated heterocycles. The summed E-state index contributed by atoms with van der Waals surface area (Å²) in [4.78, 5) is 2.73. The van der Waals surface area contributed by atoms with Crippen LogP contribution in [-0.2, 0) is 4.74 Å². The van der Waals surface area contributed by atoms with Gasteiger partial charge in [0, 0.05) is 24.2 Å². The van der Waals surface area contributed by atoms with E-state index in [1.807, 2.05) is 0 Å². The molecule has 0 radical (unpaired) electrons. The lowest BCUT2D eigenvalue weighted by Gasteiger charge is -2.56. The van der Waals surface area contributed by atoms with Gasteiger partial charge < -0.3 is 4.74 Å². The Kier molecular flexibility index (Phi) is 5.91. The SMILES string of the molecule is CCOC1CC(C)(C)N(CC(CC)c2ccccc2)C(C)(C)C1. The van der Waals surface area contributed by atoms with Gasteiger partial charge in [-0.1, -0.05) is 37.3 Å². The average Bonchev–Trinajstić information content (AvgIpc) is 2.46. The van der Waals surface area contributed by atoms with Gasteiger partial charge in [0.25, 0.3) is 0 Å². The van der Waals surface area contributed by atoms with Crippen molar-refractivity contribution in [3.8, 4) is 0 Å². The number of hydrogen-bond donors (Lipinski definition) is 0. The summed E-state index contributed by atoms with van der Waals surface area (Å²) in [5, 5.41) is 0. The minimum absolute atomic E-state index is 0.170. The van der Waals surface area contributed by atoms with Crippen LogP contribution in [-0.4, -0.2) is 35.2 Å². The lowest BCUT2D eigenvalue weighted by Crippen LogP contribution is -2.62. The first-order valence-corrected chi connectivity index (χ1v) is 9.24. The molecule has 1 aromatic rings. The summed E-state index contributed by atoms with van der Waals surface area (Å²) < 4.78 is 5.99. The molecular formula is C21H35NO. The van der Waals surface area contributed by atoms with Crippen LogP contribution in [0.4, 0.5) is 0 Å². The van der Waals surface area contributed by atoms with E-state index in [1.165, 1.54) is 12.0 Å². The van der Waals surface area contributed by atoms with E-state index in [2.05, 4.69) is 76.8 Å². The minimum Gasteiger partial charge on any atom is -0.378 e. The zero-order chi connectivity index (χ0) is 17.1. The van der Waals surface area contributed by atoms with Crippen LogP contribution in [0.2, 0.25) is 0 Å². The van der Waals surface area contributed by atoms with Gasteiger partial charge in [0.15, 0.2) is 0 Å². The first kappa shape index (κ1) is 18.5. The second kappa shape index (κ2) is 7.36. The molecule has 1 aliphatic rings. The van der Waals surface area contributed by atoms with Gasteiger partial charge in [-0.05, 0) is 65.4 Å². The molecule has 0 aromatic heterocycles. The van der Waals surface area contributed by atoms with Gasteiger partial charge >= 0.3 is 0 Å². The second-order valence-corrected chi connectivity index (χ2v) is 8.24. The first-order valence-electron chi connectivity index (χ1n) is 9.24. The van der Waals surface area contributed by atoms with Crippen molar-refractivity contribution in [1.29, 1.82) is 0 Å². The summed E-state index contributed by atoms with van der Waals surface area (Å²) in [6.07, 6.45) is 3.81. The molecule has 0 spiro atoms. The molecule has 23 heavy (non-hydrogen) atoms. The Bertz CT molecular complexity index is 462. The Labute approximate surface area is 143 Å². The molecule has 1 aromatic carbocycles. The van der Waals surface area contributed by atoms with Gasteiger partial charge in [0.2, 0.25) is 0 Å².